The van der Waals surface area contributed by atoms with Crippen molar-refractivity contribution < 1.29 is 4.74 Å². The van der Waals surface area contributed by atoms with E-state index in [1.807, 2.05) is 41.3 Å². The summed E-state index contributed by atoms with van der Waals surface area (Å²) >= 11 is 5.97. The van der Waals surface area contributed by atoms with Gasteiger partial charge in [0.05, 0.1) is 18.4 Å². The van der Waals surface area contributed by atoms with Crippen LogP contribution in [0.2, 0.25) is 5.02 Å². The van der Waals surface area contributed by atoms with Gasteiger partial charge in [-0.3, -0.25) is 0 Å². The van der Waals surface area contributed by atoms with E-state index in [0.717, 1.165) is 74.3 Å². The summed E-state index contributed by atoms with van der Waals surface area (Å²) in [6, 6.07) is 8.10. The smallest absolute Gasteiger partial charge is 0.191 e. The van der Waals surface area contributed by atoms with Gasteiger partial charge in [-0.2, -0.15) is 5.10 Å². The minimum Gasteiger partial charge on any atom is -0.385 e. The summed E-state index contributed by atoms with van der Waals surface area (Å²) in [6.45, 7) is 7.71. The summed E-state index contributed by atoms with van der Waals surface area (Å²) in [6.07, 6.45) is 7.23. The van der Waals surface area contributed by atoms with E-state index in [-0.39, 0.29) is 24.0 Å². The highest BCUT2D eigenvalue weighted by molar-refractivity contribution is 14.0. The van der Waals surface area contributed by atoms with Gasteiger partial charge >= 0.3 is 0 Å². The first-order valence-electron chi connectivity index (χ1n) is 10.7. The van der Waals surface area contributed by atoms with Gasteiger partial charge in [-0.1, -0.05) is 11.6 Å². The predicted molar refractivity (Wildman–Crippen MR) is 138 cm³/mol. The maximum absolute atomic E-state index is 5.97. The molecule has 1 aliphatic rings. The molecule has 7 nitrogen and oxygen atoms in total. The molecule has 2 aromatic rings. The lowest BCUT2D eigenvalue weighted by Gasteiger charge is -2.33. The third-order valence-electron chi connectivity index (χ3n) is 5.24. The number of ether oxygens (including phenoxy) is 1. The molecule has 1 aliphatic heterocycles. The maximum atomic E-state index is 5.97. The van der Waals surface area contributed by atoms with Gasteiger partial charge in [-0.05, 0) is 50.5 Å². The first-order chi connectivity index (χ1) is 14.7. The number of methoxy groups -OCH3 is 1. The molecule has 9 heteroatoms. The van der Waals surface area contributed by atoms with Crippen LogP contribution in [-0.4, -0.2) is 66.6 Å². The van der Waals surface area contributed by atoms with Gasteiger partial charge in [0, 0.05) is 62.7 Å². The van der Waals surface area contributed by atoms with Gasteiger partial charge in [-0.25, -0.2) is 9.67 Å². The number of aromatic nitrogens is 2. The second-order valence-electron chi connectivity index (χ2n) is 7.57. The molecule has 1 fully saturated rings. The van der Waals surface area contributed by atoms with E-state index < -0.39 is 0 Å². The first kappa shape index (κ1) is 25.9. The lowest BCUT2D eigenvalue weighted by molar-refractivity contribution is 0.155. The maximum Gasteiger partial charge on any atom is 0.191 e. The number of nitrogens with one attached hydrogen (secondary N) is 2. The van der Waals surface area contributed by atoms with Gasteiger partial charge in [0.15, 0.2) is 5.96 Å². The Kier molecular flexibility index (Phi) is 11.6. The molecule has 0 bridgehead atoms. The summed E-state index contributed by atoms with van der Waals surface area (Å²) in [5.74, 6) is 0.870. The Hall–Kier alpha value is -1.36. The summed E-state index contributed by atoms with van der Waals surface area (Å²) in [5, 5.41) is 12.1. The van der Waals surface area contributed by atoms with E-state index in [4.69, 9.17) is 21.3 Å². The molecule has 0 aliphatic carbocycles. The van der Waals surface area contributed by atoms with E-state index in [0.29, 0.717) is 12.6 Å². The van der Waals surface area contributed by atoms with Gasteiger partial charge < -0.3 is 20.3 Å². The molecule has 0 radical (unpaired) electrons. The zero-order valence-corrected chi connectivity index (χ0v) is 21.5. The van der Waals surface area contributed by atoms with E-state index >= 15 is 0 Å². The van der Waals surface area contributed by atoms with Gasteiger partial charge in [-0.15, -0.1) is 24.0 Å². The quantitative estimate of drug-likeness (QED) is 0.212. The molecular formula is C22H34ClIN6O. The molecule has 1 aromatic carbocycles. The molecule has 31 heavy (non-hydrogen) atoms. The number of benzene rings is 1. The van der Waals surface area contributed by atoms with Crippen molar-refractivity contribution >= 4 is 41.5 Å². The zero-order chi connectivity index (χ0) is 21.2. The number of rotatable bonds is 9. The van der Waals surface area contributed by atoms with Crippen molar-refractivity contribution in [3.8, 4) is 5.69 Å². The molecule has 2 N–H and O–H groups in total. The standard InChI is InChI=1S/C22H33ClN6O.HI/c1-3-24-22(27-20-9-12-28(13-10-20)11-4-14-30-2)25-15-18-16-26-29(17-18)21-7-5-19(23)6-8-21;/h5-8,16-17,20H,3-4,9-15H2,1-2H3,(H2,24,25,27);1H. The molecule has 0 amide bonds. The van der Waals surface area contributed by atoms with Gasteiger partial charge in [0.1, 0.15) is 0 Å². The van der Waals surface area contributed by atoms with Crippen molar-refractivity contribution in [2.24, 2.45) is 4.99 Å². The van der Waals surface area contributed by atoms with Crippen LogP contribution in [0.15, 0.2) is 41.7 Å². The SMILES string of the molecule is CCNC(=NCc1cnn(-c2ccc(Cl)cc2)c1)NC1CCN(CCCOC)CC1.I. The fraction of sp³-hybridized carbons (Fsp3) is 0.545. The van der Waals surface area contributed by atoms with Crippen LogP contribution in [0.1, 0.15) is 31.7 Å². The van der Waals surface area contributed by atoms with Crippen molar-refractivity contribution in [3.05, 3.63) is 47.2 Å². The van der Waals surface area contributed by atoms with Crippen molar-refractivity contribution in [1.29, 1.82) is 0 Å². The molecule has 3 rings (SSSR count). The van der Waals surface area contributed by atoms with Crippen LogP contribution in [-0.2, 0) is 11.3 Å². The summed E-state index contributed by atoms with van der Waals surface area (Å²) < 4.78 is 7.00. The average Bonchev–Trinajstić information content (AvgIpc) is 3.23. The number of halogens is 2. The predicted octanol–water partition coefficient (Wildman–Crippen LogP) is 3.70. The third-order valence-corrected chi connectivity index (χ3v) is 5.49. The first-order valence-corrected chi connectivity index (χ1v) is 11.1. The molecule has 172 valence electrons. The number of likely N-dealkylation sites (tertiary alicyclic amines) is 1. The normalized spacial score (nSPS) is 15.5. The molecule has 0 atom stereocenters. The highest BCUT2D eigenvalue weighted by Gasteiger charge is 2.19. The molecule has 1 saturated heterocycles. The number of guanidine groups is 1. The topological polar surface area (TPSA) is 66.7 Å². The molecule has 1 aromatic heterocycles. The minimum atomic E-state index is 0. The number of aliphatic imine (C=N–C) groups is 1. The van der Waals surface area contributed by atoms with Crippen LogP contribution < -0.4 is 10.6 Å². The fourth-order valence-corrected chi connectivity index (χ4v) is 3.72. The van der Waals surface area contributed by atoms with Crippen LogP contribution in [0.25, 0.3) is 5.69 Å². The zero-order valence-electron chi connectivity index (χ0n) is 18.4. The lowest BCUT2D eigenvalue weighted by Crippen LogP contribution is -2.48. The Labute approximate surface area is 207 Å². The molecule has 0 saturated carbocycles. The van der Waals surface area contributed by atoms with E-state index in [9.17, 15) is 0 Å². The van der Waals surface area contributed by atoms with Gasteiger partial charge in [0.25, 0.3) is 0 Å². The van der Waals surface area contributed by atoms with Crippen molar-refractivity contribution in [2.45, 2.75) is 38.8 Å². The summed E-state index contributed by atoms with van der Waals surface area (Å²) in [4.78, 5) is 7.29. The average molecular weight is 561 g/mol. The summed E-state index contributed by atoms with van der Waals surface area (Å²) in [5.41, 5.74) is 2.05. The van der Waals surface area contributed by atoms with Crippen LogP contribution in [0.5, 0.6) is 0 Å². The molecule has 2 heterocycles. The van der Waals surface area contributed by atoms with E-state index in [2.05, 4.69) is 27.6 Å². The Morgan fingerprint density at radius 2 is 2.00 bits per heavy atom. The van der Waals surface area contributed by atoms with Crippen molar-refractivity contribution in [1.82, 2.24) is 25.3 Å². The molecular weight excluding hydrogens is 527 g/mol. The Morgan fingerprint density at radius 1 is 1.26 bits per heavy atom. The second-order valence-corrected chi connectivity index (χ2v) is 8.01. The molecule has 0 spiro atoms. The van der Waals surface area contributed by atoms with Crippen LogP contribution in [0.4, 0.5) is 0 Å². The minimum absolute atomic E-state index is 0. The van der Waals surface area contributed by atoms with Crippen LogP contribution in [0.3, 0.4) is 0 Å². The van der Waals surface area contributed by atoms with Gasteiger partial charge in [0.2, 0.25) is 0 Å². The van der Waals surface area contributed by atoms with Crippen LogP contribution in [0, 0.1) is 0 Å². The Morgan fingerprint density at radius 3 is 2.68 bits per heavy atom. The largest absolute Gasteiger partial charge is 0.385 e. The number of nitrogens with zero attached hydrogens (tertiary/aromatic N) is 4. The molecule has 0 unspecified atom stereocenters. The number of hydrogen-bond acceptors (Lipinski definition) is 4. The van der Waals surface area contributed by atoms with Crippen molar-refractivity contribution in [2.75, 3.05) is 39.9 Å². The Bertz CT molecular complexity index is 790. The highest BCUT2D eigenvalue weighted by atomic mass is 127. The Balaban J connectivity index is 0.00000341. The monoisotopic (exact) mass is 560 g/mol. The number of piperidine rings is 1. The third kappa shape index (κ3) is 8.59. The van der Waals surface area contributed by atoms with E-state index in [1.54, 1.807) is 7.11 Å². The summed E-state index contributed by atoms with van der Waals surface area (Å²) in [7, 11) is 1.76. The van der Waals surface area contributed by atoms with Crippen molar-refractivity contribution in [3.63, 3.8) is 0 Å². The highest BCUT2D eigenvalue weighted by Crippen LogP contribution is 2.14. The van der Waals surface area contributed by atoms with E-state index in [1.165, 1.54) is 0 Å². The van der Waals surface area contributed by atoms with Crippen LogP contribution >= 0.6 is 35.6 Å². The second kappa shape index (κ2) is 13.9. The number of hydrogen-bond donors (Lipinski definition) is 2. The fourth-order valence-electron chi connectivity index (χ4n) is 3.59. The lowest BCUT2D eigenvalue weighted by atomic mass is 10.1.